The van der Waals surface area contributed by atoms with E-state index in [4.69, 9.17) is 9.26 Å². The normalized spacial score (nSPS) is 34.9. The first-order valence-corrected chi connectivity index (χ1v) is 11.8. The number of hydrogen-bond donors (Lipinski definition) is 4. The fourth-order valence-corrected chi connectivity index (χ4v) is 6.46. The molecular weight excluding hydrogens is 466 g/mol. The summed E-state index contributed by atoms with van der Waals surface area (Å²) >= 11 is 0. The number of nitrogens with one attached hydrogen (secondary N) is 1. The number of phosphoric ester groups is 1. The van der Waals surface area contributed by atoms with E-state index in [-0.39, 0.29) is 42.3 Å². The maximum atomic E-state index is 11.5. The van der Waals surface area contributed by atoms with Gasteiger partial charge in [-0.15, -0.1) is 24.8 Å². The molecule has 2 aliphatic heterocycles. The Labute approximate surface area is 195 Å². The monoisotopic (exact) mass is 498 g/mol. The first-order valence-electron chi connectivity index (χ1n) is 10.2. The molecule has 178 valence electrons. The maximum Gasteiger partial charge on any atom is 0.469 e. The zero-order chi connectivity index (χ0) is 20.8. The van der Waals surface area contributed by atoms with Crippen LogP contribution in [0.15, 0.2) is 24.3 Å². The van der Waals surface area contributed by atoms with Crippen LogP contribution >= 0.6 is 32.6 Å². The largest absolute Gasteiger partial charge is 0.497 e. The summed E-state index contributed by atoms with van der Waals surface area (Å²) in [5.74, 6) is 0.504. The molecule has 6 atom stereocenters. The highest BCUT2D eigenvalue weighted by Crippen LogP contribution is 2.54. The van der Waals surface area contributed by atoms with E-state index in [2.05, 4.69) is 10.2 Å². The van der Waals surface area contributed by atoms with Crippen LogP contribution in [0.4, 0.5) is 0 Å². The minimum atomic E-state index is -4.60. The lowest BCUT2D eigenvalue weighted by Crippen LogP contribution is -2.66. The minimum absolute atomic E-state index is 0. The Morgan fingerprint density at radius 2 is 1.90 bits per heavy atom. The van der Waals surface area contributed by atoms with Crippen LogP contribution in [0.5, 0.6) is 5.75 Å². The first kappa shape index (κ1) is 26.8. The van der Waals surface area contributed by atoms with Crippen molar-refractivity contribution in [3.63, 3.8) is 0 Å². The van der Waals surface area contributed by atoms with E-state index < -0.39 is 20.0 Å². The number of phosphoric acid groups is 1. The average molecular weight is 499 g/mol. The van der Waals surface area contributed by atoms with Crippen LogP contribution in [0.2, 0.25) is 0 Å². The third-order valence-corrected chi connectivity index (χ3v) is 7.70. The number of aliphatic hydroxyl groups excluding tert-OH is 1. The van der Waals surface area contributed by atoms with Crippen LogP contribution in [0.3, 0.4) is 0 Å². The molecule has 0 unspecified atom stereocenters. The Hall–Kier alpha value is -0.410. The molecule has 1 spiro atoms. The fraction of sp³-hybridized carbons (Fsp3) is 0.700. The standard InChI is InChI=1S/C20H31N2O6P.2ClH/c1-21-14-10-20-8-7-18(28-29(24,25)26)16(11-20)19(23)17(22(20)12-14)9-13-3-5-15(27-2)6-4-13;;/h3-6,14,16-19,21,23H,7-12H2,1-2H3,(H2,24,25,26);2*1H/t14-,16-,17-,18-,19-,20+;;/m0../s1. The lowest BCUT2D eigenvalue weighted by atomic mass is 9.65. The van der Waals surface area contributed by atoms with Gasteiger partial charge in [-0.05, 0) is 56.8 Å². The van der Waals surface area contributed by atoms with Gasteiger partial charge in [0.15, 0.2) is 0 Å². The molecule has 2 saturated heterocycles. The molecule has 8 nitrogen and oxygen atoms in total. The molecular formula is C20H33Cl2N2O6P. The van der Waals surface area contributed by atoms with E-state index >= 15 is 0 Å². The highest BCUT2D eigenvalue weighted by atomic mass is 35.5. The number of nitrogens with zero attached hydrogens (tertiary/aromatic N) is 1. The molecule has 0 amide bonds. The second-order valence-electron chi connectivity index (χ2n) is 8.72. The smallest absolute Gasteiger partial charge is 0.469 e. The predicted molar refractivity (Wildman–Crippen MR) is 122 cm³/mol. The number of piperidine rings is 1. The maximum absolute atomic E-state index is 11.5. The summed E-state index contributed by atoms with van der Waals surface area (Å²) in [6, 6.07) is 8.08. The SMILES string of the molecule is CN[C@@H]1CN2[C@@H](Cc3ccc(OC)cc3)[C@@H](O)[C@H]3C[C@@]2(CC[C@@H]3OP(=O)(O)O)C1.Cl.Cl. The van der Waals surface area contributed by atoms with Gasteiger partial charge in [0.25, 0.3) is 0 Å². The summed E-state index contributed by atoms with van der Waals surface area (Å²) in [6.45, 7) is 0.866. The molecule has 4 rings (SSSR count). The second kappa shape index (κ2) is 10.2. The van der Waals surface area contributed by atoms with E-state index in [1.807, 2.05) is 31.3 Å². The zero-order valence-corrected chi connectivity index (χ0v) is 20.2. The molecule has 1 aliphatic carbocycles. The van der Waals surface area contributed by atoms with E-state index in [0.29, 0.717) is 25.3 Å². The molecule has 2 heterocycles. The van der Waals surface area contributed by atoms with Crippen molar-refractivity contribution in [3.05, 3.63) is 29.8 Å². The Kier molecular flexibility index (Phi) is 8.87. The molecule has 1 aromatic carbocycles. The van der Waals surface area contributed by atoms with Crippen LogP contribution in [0.25, 0.3) is 0 Å². The second-order valence-corrected chi connectivity index (χ2v) is 9.91. The molecule has 0 radical (unpaired) electrons. The van der Waals surface area contributed by atoms with Crippen LogP contribution in [0, 0.1) is 5.92 Å². The van der Waals surface area contributed by atoms with Crippen LogP contribution in [-0.4, -0.2) is 70.3 Å². The molecule has 1 aromatic rings. The number of halogens is 2. The zero-order valence-electron chi connectivity index (χ0n) is 17.7. The summed E-state index contributed by atoms with van der Waals surface area (Å²) in [6.07, 6.45) is 2.39. The van der Waals surface area contributed by atoms with Crippen molar-refractivity contribution in [2.75, 3.05) is 20.7 Å². The van der Waals surface area contributed by atoms with Gasteiger partial charge in [-0.3, -0.25) is 9.42 Å². The Balaban J connectivity index is 0.00000171. The third-order valence-electron chi connectivity index (χ3n) is 7.16. The number of ether oxygens (including phenoxy) is 1. The van der Waals surface area contributed by atoms with E-state index in [9.17, 15) is 19.5 Å². The Morgan fingerprint density at radius 3 is 2.48 bits per heavy atom. The molecule has 11 heteroatoms. The van der Waals surface area contributed by atoms with Crippen molar-refractivity contribution >= 4 is 32.6 Å². The minimum Gasteiger partial charge on any atom is -0.497 e. The van der Waals surface area contributed by atoms with Gasteiger partial charge in [-0.2, -0.15) is 0 Å². The Morgan fingerprint density at radius 1 is 1.23 bits per heavy atom. The summed E-state index contributed by atoms with van der Waals surface area (Å²) in [7, 11) is -1.00. The number of rotatable bonds is 6. The van der Waals surface area contributed by atoms with Gasteiger partial charge in [0, 0.05) is 30.1 Å². The molecule has 0 aromatic heterocycles. The number of methoxy groups -OCH3 is 1. The van der Waals surface area contributed by atoms with Crippen molar-refractivity contribution < 1.29 is 28.7 Å². The van der Waals surface area contributed by atoms with E-state index in [1.165, 1.54) is 0 Å². The summed E-state index contributed by atoms with van der Waals surface area (Å²) in [5, 5.41) is 14.7. The third kappa shape index (κ3) is 5.40. The van der Waals surface area contributed by atoms with Crippen LogP contribution in [0.1, 0.15) is 31.2 Å². The molecule has 2 bridgehead atoms. The average Bonchev–Trinajstić information content (AvgIpc) is 3.05. The van der Waals surface area contributed by atoms with E-state index in [1.54, 1.807) is 7.11 Å². The highest BCUT2D eigenvalue weighted by Gasteiger charge is 2.59. The van der Waals surface area contributed by atoms with Crippen molar-refractivity contribution in [3.8, 4) is 5.75 Å². The van der Waals surface area contributed by atoms with Gasteiger partial charge >= 0.3 is 7.82 Å². The highest BCUT2D eigenvalue weighted by molar-refractivity contribution is 7.46. The molecule has 4 N–H and O–H groups in total. The van der Waals surface area contributed by atoms with Crippen LogP contribution in [-0.2, 0) is 15.5 Å². The quantitative estimate of drug-likeness (QED) is 0.441. The van der Waals surface area contributed by atoms with Gasteiger partial charge in [-0.25, -0.2) is 4.57 Å². The predicted octanol–water partition coefficient (Wildman–Crippen LogP) is 2.13. The van der Waals surface area contributed by atoms with Crippen molar-refractivity contribution in [2.45, 2.75) is 61.9 Å². The summed E-state index contributed by atoms with van der Waals surface area (Å²) in [4.78, 5) is 21.1. The Bertz CT molecular complexity index is 781. The van der Waals surface area contributed by atoms with E-state index in [0.717, 1.165) is 30.7 Å². The topological polar surface area (TPSA) is 111 Å². The van der Waals surface area contributed by atoms with Gasteiger partial charge in [0.1, 0.15) is 5.75 Å². The van der Waals surface area contributed by atoms with Gasteiger partial charge in [-0.1, -0.05) is 12.1 Å². The molecule has 31 heavy (non-hydrogen) atoms. The molecule has 1 saturated carbocycles. The fourth-order valence-electron chi connectivity index (χ4n) is 5.85. The number of benzene rings is 1. The lowest BCUT2D eigenvalue weighted by Gasteiger charge is -2.57. The van der Waals surface area contributed by atoms with Gasteiger partial charge in [0.05, 0.1) is 19.3 Å². The van der Waals surface area contributed by atoms with Crippen molar-refractivity contribution in [1.82, 2.24) is 10.2 Å². The van der Waals surface area contributed by atoms with Gasteiger partial charge < -0.3 is 24.9 Å². The number of fused-ring (bicyclic) bond motifs is 1. The lowest BCUT2D eigenvalue weighted by molar-refractivity contribution is -0.144. The molecule has 3 fully saturated rings. The van der Waals surface area contributed by atoms with Crippen molar-refractivity contribution in [2.24, 2.45) is 5.92 Å². The van der Waals surface area contributed by atoms with Crippen molar-refractivity contribution in [1.29, 1.82) is 0 Å². The number of hydrogen-bond acceptors (Lipinski definition) is 6. The summed E-state index contributed by atoms with van der Waals surface area (Å²) < 4.78 is 21.8. The number of aliphatic hydroxyl groups is 1. The number of likely N-dealkylation sites (N-methyl/N-ethyl adjacent to an activating group) is 1. The summed E-state index contributed by atoms with van der Waals surface area (Å²) in [5.41, 5.74) is 1.05. The first-order chi connectivity index (χ1) is 13.7. The molecule has 3 aliphatic rings. The van der Waals surface area contributed by atoms with Crippen LogP contribution < -0.4 is 10.1 Å². The van der Waals surface area contributed by atoms with Gasteiger partial charge in [0.2, 0.25) is 0 Å².